The highest BCUT2D eigenvalue weighted by Crippen LogP contribution is 2.47. The smallest absolute Gasteiger partial charge is 0.0551 e. The third kappa shape index (κ3) is 1.40. The molecule has 0 spiro atoms. The fraction of sp³-hybridized carbons (Fsp3) is 0.0435. The number of para-hydroxylation sites is 1. The molecule has 0 saturated carbocycles. The number of rotatable bonds is 0. The molecule has 112 valence electrons. The zero-order valence-electron chi connectivity index (χ0n) is 13.1. The molecule has 0 bridgehead atoms. The summed E-state index contributed by atoms with van der Waals surface area (Å²) in [5.74, 6) is 0. The summed E-state index contributed by atoms with van der Waals surface area (Å²) < 4.78 is 0. The van der Waals surface area contributed by atoms with Gasteiger partial charge in [-0.05, 0) is 40.1 Å². The lowest BCUT2D eigenvalue weighted by molar-refractivity contribution is 1.29. The van der Waals surface area contributed by atoms with Crippen molar-refractivity contribution in [2.75, 3.05) is 0 Å². The number of hydrogen-bond acceptors (Lipinski definition) is 0. The highest BCUT2D eigenvalue weighted by atomic mass is 14.7. The molecular formula is C23H15N. The molecule has 0 amide bonds. The number of nitrogens with one attached hydrogen (secondary N) is 1. The van der Waals surface area contributed by atoms with Gasteiger partial charge in [-0.2, -0.15) is 0 Å². The lowest BCUT2D eigenvalue weighted by Crippen LogP contribution is -1.86. The summed E-state index contributed by atoms with van der Waals surface area (Å²) >= 11 is 0. The Labute approximate surface area is 139 Å². The van der Waals surface area contributed by atoms with Crippen molar-refractivity contribution in [3.05, 3.63) is 83.9 Å². The Morgan fingerprint density at radius 3 is 2.29 bits per heavy atom. The van der Waals surface area contributed by atoms with Crippen LogP contribution in [0.15, 0.2) is 72.8 Å². The average molecular weight is 305 g/mol. The molecule has 1 aliphatic rings. The summed E-state index contributed by atoms with van der Waals surface area (Å²) in [6.45, 7) is 0. The third-order valence-electron chi connectivity index (χ3n) is 5.43. The van der Waals surface area contributed by atoms with Crippen LogP contribution in [0.5, 0.6) is 0 Å². The molecule has 1 heterocycles. The number of hydrogen-bond donors (Lipinski definition) is 1. The van der Waals surface area contributed by atoms with Crippen LogP contribution >= 0.6 is 0 Å². The molecule has 0 saturated heterocycles. The number of benzene rings is 4. The van der Waals surface area contributed by atoms with E-state index in [9.17, 15) is 0 Å². The Kier molecular flexibility index (Phi) is 2.20. The monoisotopic (exact) mass is 305 g/mol. The molecule has 0 aliphatic heterocycles. The van der Waals surface area contributed by atoms with Crippen molar-refractivity contribution in [1.82, 2.24) is 4.98 Å². The second kappa shape index (κ2) is 4.27. The van der Waals surface area contributed by atoms with Crippen molar-refractivity contribution in [1.29, 1.82) is 0 Å². The molecule has 0 radical (unpaired) electrons. The van der Waals surface area contributed by atoms with Crippen molar-refractivity contribution in [3.8, 4) is 11.1 Å². The van der Waals surface area contributed by atoms with Gasteiger partial charge in [0.2, 0.25) is 0 Å². The molecule has 5 aromatic rings. The molecule has 4 aromatic carbocycles. The number of aromatic nitrogens is 1. The van der Waals surface area contributed by atoms with Gasteiger partial charge < -0.3 is 4.98 Å². The summed E-state index contributed by atoms with van der Waals surface area (Å²) in [6, 6.07) is 26.3. The Morgan fingerprint density at radius 2 is 1.38 bits per heavy atom. The van der Waals surface area contributed by atoms with Crippen LogP contribution in [0, 0.1) is 0 Å². The van der Waals surface area contributed by atoms with Crippen molar-refractivity contribution in [2.45, 2.75) is 6.42 Å². The normalized spacial score (nSPS) is 12.8. The Morgan fingerprint density at radius 1 is 0.667 bits per heavy atom. The van der Waals surface area contributed by atoms with E-state index >= 15 is 0 Å². The summed E-state index contributed by atoms with van der Waals surface area (Å²) in [4.78, 5) is 3.68. The van der Waals surface area contributed by atoms with E-state index in [0.717, 1.165) is 6.42 Å². The van der Waals surface area contributed by atoms with E-state index in [2.05, 4.69) is 77.8 Å². The topological polar surface area (TPSA) is 15.8 Å². The number of aromatic amines is 1. The minimum absolute atomic E-state index is 1.03. The summed E-state index contributed by atoms with van der Waals surface area (Å²) in [5, 5.41) is 5.41. The largest absolute Gasteiger partial charge is 0.354 e. The van der Waals surface area contributed by atoms with Gasteiger partial charge in [0.05, 0.1) is 5.52 Å². The van der Waals surface area contributed by atoms with E-state index in [1.165, 1.54) is 54.8 Å². The van der Waals surface area contributed by atoms with Crippen molar-refractivity contribution in [2.24, 2.45) is 0 Å². The third-order valence-corrected chi connectivity index (χ3v) is 5.43. The van der Waals surface area contributed by atoms with Crippen LogP contribution in [0.25, 0.3) is 43.7 Å². The van der Waals surface area contributed by atoms with Crippen molar-refractivity contribution in [3.63, 3.8) is 0 Å². The first kappa shape index (κ1) is 12.4. The lowest BCUT2D eigenvalue weighted by Gasteiger charge is -2.09. The molecule has 1 nitrogen and oxygen atoms in total. The maximum atomic E-state index is 3.68. The fourth-order valence-electron chi connectivity index (χ4n) is 4.44. The molecule has 0 unspecified atom stereocenters. The molecule has 1 aliphatic carbocycles. The summed E-state index contributed by atoms with van der Waals surface area (Å²) in [7, 11) is 0. The summed E-state index contributed by atoms with van der Waals surface area (Å²) in [5.41, 5.74) is 8.22. The molecule has 0 atom stereocenters. The highest BCUT2D eigenvalue weighted by molar-refractivity contribution is 6.25. The SMILES string of the molecule is c1ccc2c(c1)Cc1c-2c2c3ccccc3[nH]c2c2ccccc12. The van der Waals surface area contributed by atoms with Gasteiger partial charge in [0, 0.05) is 21.7 Å². The molecule has 0 fully saturated rings. The van der Waals surface area contributed by atoms with E-state index in [1.54, 1.807) is 0 Å². The van der Waals surface area contributed by atoms with Gasteiger partial charge in [0.15, 0.2) is 0 Å². The first-order valence-corrected chi connectivity index (χ1v) is 8.44. The molecule has 24 heavy (non-hydrogen) atoms. The van der Waals surface area contributed by atoms with Crippen LogP contribution in [0.4, 0.5) is 0 Å². The summed E-state index contributed by atoms with van der Waals surface area (Å²) in [6.07, 6.45) is 1.03. The van der Waals surface area contributed by atoms with Gasteiger partial charge in [0.25, 0.3) is 0 Å². The maximum absolute atomic E-state index is 3.68. The first-order chi connectivity index (χ1) is 11.9. The van der Waals surface area contributed by atoms with Gasteiger partial charge in [-0.25, -0.2) is 0 Å². The second-order valence-electron chi connectivity index (χ2n) is 6.65. The van der Waals surface area contributed by atoms with E-state index < -0.39 is 0 Å². The number of fused-ring (bicyclic) bond motifs is 10. The van der Waals surface area contributed by atoms with Crippen molar-refractivity contribution >= 4 is 32.6 Å². The van der Waals surface area contributed by atoms with E-state index in [1.807, 2.05) is 0 Å². The van der Waals surface area contributed by atoms with Crippen molar-refractivity contribution < 1.29 is 0 Å². The van der Waals surface area contributed by atoms with E-state index in [4.69, 9.17) is 0 Å². The Hall–Kier alpha value is -3.06. The van der Waals surface area contributed by atoms with Gasteiger partial charge in [-0.1, -0.05) is 66.7 Å². The molecule has 1 N–H and O–H groups in total. The standard InChI is InChI=1S/C23H15N/c1-2-8-15-14(7-1)13-19-16-9-3-4-10-17(16)23-22(21(15)19)18-11-5-6-12-20(18)24-23/h1-12,24H,13H2. The van der Waals surface area contributed by atoms with Crippen LogP contribution in [0.3, 0.4) is 0 Å². The fourth-order valence-corrected chi connectivity index (χ4v) is 4.44. The van der Waals surface area contributed by atoms with Crippen LogP contribution in [-0.4, -0.2) is 4.98 Å². The Bertz CT molecular complexity index is 1270. The minimum Gasteiger partial charge on any atom is -0.354 e. The first-order valence-electron chi connectivity index (χ1n) is 8.44. The highest BCUT2D eigenvalue weighted by Gasteiger charge is 2.25. The quantitative estimate of drug-likeness (QED) is 0.352. The van der Waals surface area contributed by atoms with E-state index in [-0.39, 0.29) is 0 Å². The lowest BCUT2D eigenvalue weighted by atomic mass is 9.94. The maximum Gasteiger partial charge on any atom is 0.0551 e. The molecule has 1 heteroatoms. The van der Waals surface area contributed by atoms with Crippen LogP contribution in [0.1, 0.15) is 11.1 Å². The van der Waals surface area contributed by atoms with Crippen LogP contribution in [0.2, 0.25) is 0 Å². The zero-order chi connectivity index (χ0) is 15.7. The van der Waals surface area contributed by atoms with Crippen LogP contribution < -0.4 is 0 Å². The Balaban J connectivity index is 1.97. The van der Waals surface area contributed by atoms with E-state index in [0.29, 0.717) is 0 Å². The zero-order valence-corrected chi connectivity index (χ0v) is 13.1. The molecule has 1 aromatic heterocycles. The van der Waals surface area contributed by atoms with Gasteiger partial charge >= 0.3 is 0 Å². The van der Waals surface area contributed by atoms with Gasteiger partial charge in [-0.3, -0.25) is 0 Å². The van der Waals surface area contributed by atoms with Gasteiger partial charge in [-0.15, -0.1) is 0 Å². The second-order valence-corrected chi connectivity index (χ2v) is 6.65. The predicted molar refractivity (Wildman–Crippen MR) is 102 cm³/mol. The minimum atomic E-state index is 1.03. The van der Waals surface area contributed by atoms with Gasteiger partial charge in [0.1, 0.15) is 0 Å². The van der Waals surface area contributed by atoms with Crippen LogP contribution in [-0.2, 0) is 6.42 Å². The molecular weight excluding hydrogens is 290 g/mol. The average Bonchev–Trinajstić information content (AvgIpc) is 3.20. The number of H-pyrrole nitrogens is 1. The molecule has 6 rings (SSSR count). The predicted octanol–water partition coefficient (Wildman–Crippen LogP) is 6.05.